The molecule has 6 aliphatic heterocycles. The second kappa shape index (κ2) is 32.5. The summed E-state index contributed by atoms with van der Waals surface area (Å²) in [6.45, 7) is 11.8. The summed E-state index contributed by atoms with van der Waals surface area (Å²) in [7, 11) is 4.88. The van der Waals surface area contributed by atoms with Crippen molar-refractivity contribution in [2.45, 2.75) is 147 Å². The number of carboxylic acids is 1. The molecule has 3 aromatic rings. The Morgan fingerprint density at radius 3 is 1.51 bits per heavy atom. The van der Waals surface area contributed by atoms with Crippen LogP contribution in [0.25, 0.3) is 0 Å². The number of amides is 5. The topological polar surface area (TPSA) is 279 Å². The van der Waals surface area contributed by atoms with Crippen molar-refractivity contribution in [2.24, 2.45) is 7.05 Å². The molecule has 6 aliphatic rings. The van der Waals surface area contributed by atoms with Crippen LogP contribution in [0.5, 0.6) is 23.0 Å². The lowest BCUT2D eigenvalue weighted by Gasteiger charge is -2.42. The Hall–Kier alpha value is -7.96. The van der Waals surface area contributed by atoms with Crippen LogP contribution in [-0.4, -0.2) is 166 Å². The van der Waals surface area contributed by atoms with Gasteiger partial charge in [-0.1, -0.05) is 25.3 Å². The van der Waals surface area contributed by atoms with E-state index in [1.54, 1.807) is 34.1 Å². The first-order valence-corrected chi connectivity index (χ1v) is 29.3. The van der Waals surface area contributed by atoms with E-state index in [0.29, 0.717) is 81.3 Å². The van der Waals surface area contributed by atoms with E-state index >= 15 is 0 Å². The van der Waals surface area contributed by atoms with E-state index in [0.717, 1.165) is 62.7 Å². The van der Waals surface area contributed by atoms with Gasteiger partial charge < -0.3 is 72.2 Å². The standard InChI is InChI=1S/C33H44N4O8.C27H36N2O9.CO2/c1-5-15-44-33(40)37-26-20-28(42-17-10-12-29(38)34-23-18-22(2)35(3)21-23)27(41-4)19-24(26)31(39)36-14-8-6-11-25(36)32(37)45-30-13-7-9-16-43-30;1-3-13-37-27(33)29-20-17-22(35-15-8-10-23(30)31)21(34-2)16-18(20)25(32)28-12-6-4-9-19(28)26(29)38-24-11-5-7-14-36-24;2-1-3/h5,18-21,25,30,32H,1,6-17H2,2-4H3,(H,34,38);3,16-17,19,24,26H,1,4-15H2,2H3,(H,30,31);/t25-,30?,32?;19-,24?,26?;/m00./s1. The average molecular weight is 1200 g/mol. The number of hydrogen-bond acceptors (Lipinski definition) is 18. The zero-order chi connectivity index (χ0) is 61.7. The fourth-order valence-electron chi connectivity index (χ4n) is 11.2. The molecule has 9 rings (SSSR count). The molecule has 4 unspecified atom stereocenters. The lowest BCUT2D eigenvalue weighted by atomic mass is 10.00. The summed E-state index contributed by atoms with van der Waals surface area (Å²) >= 11 is 0. The zero-order valence-electron chi connectivity index (χ0n) is 49.5. The van der Waals surface area contributed by atoms with Crippen LogP contribution in [0, 0.1) is 6.92 Å². The number of carbonyl (C=O) groups excluding carboxylic acids is 7. The predicted octanol–water partition coefficient (Wildman–Crippen LogP) is 8.51. The van der Waals surface area contributed by atoms with Crippen molar-refractivity contribution in [3.05, 3.63) is 78.7 Å². The largest absolute Gasteiger partial charge is 0.493 e. The van der Waals surface area contributed by atoms with Crippen LogP contribution < -0.4 is 34.1 Å². The van der Waals surface area contributed by atoms with Gasteiger partial charge in [-0.15, -0.1) is 0 Å². The summed E-state index contributed by atoms with van der Waals surface area (Å²) in [5.41, 5.74) is 2.91. The van der Waals surface area contributed by atoms with Crippen LogP contribution in [0.3, 0.4) is 0 Å². The quantitative estimate of drug-likeness (QED) is 0.0746. The summed E-state index contributed by atoms with van der Waals surface area (Å²) in [5.74, 6) is -0.255. The van der Waals surface area contributed by atoms with Gasteiger partial charge in [0.1, 0.15) is 13.2 Å². The van der Waals surface area contributed by atoms with Crippen molar-refractivity contribution in [2.75, 3.05) is 82.1 Å². The first-order chi connectivity index (χ1) is 41.7. The highest BCUT2D eigenvalue weighted by atomic mass is 16.7. The first-order valence-electron chi connectivity index (χ1n) is 29.3. The molecule has 5 amide bonds. The number of piperidine rings is 2. The van der Waals surface area contributed by atoms with Crippen molar-refractivity contribution in [3.63, 3.8) is 0 Å². The number of fused-ring (bicyclic) bond motifs is 4. The average Bonchev–Trinajstić information content (AvgIpc) is 1.69. The van der Waals surface area contributed by atoms with Crippen LogP contribution in [0.4, 0.5) is 26.7 Å². The molecular formula is C61H80N6O19. The molecule has 86 heavy (non-hydrogen) atoms. The van der Waals surface area contributed by atoms with Gasteiger partial charge in [0.2, 0.25) is 5.91 Å². The highest BCUT2D eigenvalue weighted by molar-refractivity contribution is 6.07. The Kier molecular flexibility index (Phi) is 24.8. The van der Waals surface area contributed by atoms with E-state index in [2.05, 4.69) is 18.5 Å². The number of carboxylic acid groups (broad SMARTS) is 1. The molecule has 0 spiro atoms. The van der Waals surface area contributed by atoms with E-state index in [-0.39, 0.29) is 92.1 Å². The van der Waals surface area contributed by atoms with Gasteiger partial charge in [-0.2, -0.15) is 9.59 Å². The molecule has 2 N–H and O–H groups in total. The fraction of sp³-hybridized carbons (Fsp3) is 0.557. The Morgan fingerprint density at radius 1 is 0.663 bits per heavy atom. The number of ether oxygens (including phenoxy) is 10. The van der Waals surface area contributed by atoms with Crippen LogP contribution in [-0.2, 0) is 54.6 Å². The number of rotatable bonds is 21. The normalized spacial score (nSPS) is 21.4. The number of aliphatic carboxylic acids is 1. The highest BCUT2D eigenvalue weighted by Gasteiger charge is 2.49. The number of carbonyl (C=O) groups is 6. The third-order valence-electron chi connectivity index (χ3n) is 15.4. The number of nitrogens with zero attached hydrogens (tertiary/aromatic N) is 5. The Balaban J connectivity index is 0.000000238. The van der Waals surface area contributed by atoms with Crippen molar-refractivity contribution < 1.29 is 90.8 Å². The maximum Gasteiger partial charge on any atom is 0.416 e. The molecule has 4 fully saturated rings. The number of hydrogen-bond donors (Lipinski definition) is 2. The number of nitrogens with one attached hydrogen (secondary N) is 1. The van der Waals surface area contributed by atoms with Crippen molar-refractivity contribution >= 4 is 59.1 Å². The fourth-order valence-corrected chi connectivity index (χ4v) is 11.2. The molecule has 1 aromatic heterocycles. The third-order valence-corrected chi connectivity index (χ3v) is 15.4. The number of aryl methyl sites for hydroxylation is 2. The Labute approximate surface area is 500 Å². The summed E-state index contributed by atoms with van der Waals surface area (Å²) in [6.07, 6.45) is 11.8. The minimum absolute atomic E-state index is 0.0102. The maximum absolute atomic E-state index is 14.1. The molecule has 0 bridgehead atoms. The SMILES string of the molecule is C=CCOC(=O)N1c2cc(OCCCC(=O)Nc3cc(C)n(C)c3)c(OC)cc2C(=O)N2CCCC[C@H]2C1OC1CCCCO1.C=CCOC(=O)N1c2cc(OCCCC(=O)O)c(OC)cc2C(=O)N2CCCC[C@H]2C1OC1CCCCO1.O=C=O. The van der Waals surface area contributed by atoms with Gasteiger partial charge in [-0.05, 0) is 115 Å². The van der Waals surface area contributed by atoms with Crippen molar-refractivity contribution in [1.29, 1.82) is 0 Å². The van der Waals surface area contributed by atoms with Crippen LogP contribution in [0.2, 0.25) is 0 Å². The first kappa shape index (κ1) is 65.6. The molecule has 25 heteroatoms. The lowest BCUT2D eigenvalue weighted by Crippen LogP contribution is -2.57. The molecule has 0 saturated carbocycles. The van der Waals surface area contributed by atoms with Crippen LogP contribution >= 0.6 is 0 Å². The Bertz CT molecular complexity index is 2860. The molecule has 468 valence electrons. The predicted molar refractivity (Wildman–Crippen MR) is 309 cm³/mol. The maximum atomic E-state index is 14.1. The van der Waals surface area contributed by atoms with Crippen molar-refractivity contribution in [1.82, 2.24) is 14.4 Å². The third kappa shape index (κ3) is 16.7. The summed E-state index contributed by atoms with van der Waals surface area (Å²) < 4.78 is 60.9. The van der Waals surface area contributed by atoms with Gasteiger partial charge in [0, 0.05) is 70.2 Å². The van der Waals surface area contributed by atoms with Gasteiger partial charge >= 0.3 is 24.3 Å². The summed E-state index contributed by atoms with van der Waals surface area (Å²) in [6, 6.07) is 7.47. The molecule has 25 nitrogen and oxygen atoms in total. The number of methoxy groups -OCH3 is 2. The van der Waals surface area contributed by atoms with Gasteiger partial charge in [0.25, 0.3) is 11.8 Å². The van der Waals surface area contributed by atoms with E-state index < -0.39 is 55.3 Å². The smallest absolute Gasteiger partial charge is 0.416 e. The molecule has 7 heterocycles. The van der Waals surface area contributed by atoms with E-state index in [9.17, 15) is 28.8 Å². The van der Waals surface area contributed by atoms with Crippen LogP contribution in [0.1, 0.15) is 129 Å². The van der Waals surface area contributed by atoms with Gasteiger partial charge in [-0.3, -0.25) is 19.2 Å². The molecule has 0 radical (unpaired) electrons. The molecule has 4 saturated heterocycles. The van der Waals surface area contributed by atoms with Gasteiger partial charge in [0.15, 0.2) is 48.0 Å². The minimum atomic E-state index is -0.925. The monoisotopic (exact) mass is 1200 g/mol. The summed E-state index contributed by atoms with van der Waals surface area (Å²) in [4.78, 5) is 101. The number of benzene rings is 2. The number of anilines is 3. The summed E-state index contributed by atoms with van der Waals surface area (Å²) in [5, 5.41) is 11.9. The van der Waals surface area contributed by atoms with E-state index in [4.69, 9.17) is 62.1 Å². The number of aromatic nitrogens is 1. The van der Waals surface area contributed by atoms with E-state index in [1.165, 1.54) is 36.2 Å². The molecule has 0 aliphatic carbocycles. The molecule has 2 aromatic carbocycles. The second-order valence-corrected chi connectivity index (χ2v) is 21.2. The Morgan fingerprint density at radius 2 is 1.12 bits per heavy atom. The second-order valence-electron chi connectivity index (χ2n) is 21.2. The van der Waals surface area contributed by atoms with Crippen LogP contribution in [0.15, 0.2) is 61.8 Å². The van der Waals surface area contributed by atoms with Gasteiger partial charge in [-0.25, -0.2) is 19.4 Å². The zero-order valence-corrected chi connectivity index (χ0v) is 49.5. The lowest BCUT2D eigenvalue weighted by molar-refractivity contribution is -0.199. The minimum Gasteiger partial charge on any atom is -0.493 e. The van der Waals surface area contributed by atoms with E-state index in [1.807, 2.05) is 30.8 Å². The molecule has 6 atom stereocenters. The molecular weight excluding hydrogens is 1120 g/mol. The highest BCUT2D eigenvalue weighted by Crippen LogP contribution is 2.44. The van der Waals surface area contributed by atoms with Gasteiger partial charge in [0.05, 0.1) is 67.7 Å². The van der Waals surface area contributed by atoms with Crippen molar-refractivity contribution in [3.8, 4) is 23.0 Å².